The lowest BCUT2D eigenvalue weighted by atomic mass is 9.85. The van der Waals surface area contributed by atoms with Gasteiger partial charge in [-0.05, 0) is 78.7 Å². The minimum atomic E-state index is 0.903. The fraction of sp³-hybridized carbons (Fsp3) is 0. The molecular weight excluding hydrogens is 544 g/mol. The predicted molar refractivity (Wildman–Crippen MR) is 190 cm³/mol. The highest BCUT2D eigenvalue weighted by Gasteiger charge is 2.19. The molecule has 9 aromatic rings. The van der Waals surface area contributed by atoms with Gasteiger partial charge in [0, 0.05) is 16.3 Å². The minimum Gasteiger partial charge on any atom is -0.455 e. The fourth-order valence-electron chi connectivity index (χ4n) is 7.01. The third kappa shape index (κ3) is 4.17. The first-order chi connectivity index (χ1) is 22.3. The topological polar surface area (TPSA) is 13.1 Å². The number of fused-ring (bicyclic) bond motifs is 5. The van der Waals surface area contributed by atoms with Crippen LogP contribution in [0.5, 0.6) is 0 Å². The highest BCUT2D eigenvalue weighted by atomic mass is 16.3. The molecular formula is C44H28O. The van der Waals surface area contributed by atoms with Gasteiger partial charge in [0.25, 0.3) is 0 Å². The summed E-state index contributed by atoms with van der Waals surface area (Å²) >= 11 is 0. The van der Waals surface area contributed by atoms with E-state index in [1.54, 1.807) is 0 Å². The van der Waals surface area contributed by atoms with Crippen molar-refractivity contribution in [2.75, 3.05) is 0 Å². The lowest BCUT2D eigenvalue weighted by Gasteiger charge is -2.18. The molecule has 0 aliphatic rings. The van der Waals surface area contributed by atoms with Crippen LogP contribution in [0.4, 0.5) is 0 Å². The van der Waals surface area contributed by atoms with Crippen molar-refractivity contribution in [3.8, 4) is 44.5 Å². The van der Waals surface area contributed by atoms with E-state index >= 15 is 0 Å². The van der Waals surface area contributed by atoms with Gasteiger partial charge in [0.1, 0.15) is 11.2 Å². The summed E-state index contributed by atoms with van der Waals surface area (Å²) in [6.45, 7) is 0. The number of benzene rings is 8. The van der Waals surface area contributed by atoms with Crippen LogP contribution in [0.1, 0.15) is 0 Å². The van der Waals surface area contributed by atoms with E-state index in [0.717, 1.165) is 33.1 Å². The fourth-order valence-corrected chi connectivity index (χ4v) is 7.01. The normalized spacial score (nSPS) is 11.6. The predicted octanol–water partition coefficient (Wildman–Crippen LogP) is 12.6. The van der Waals surface area contributed by atoms with Crippen LogP contribution in [0.15, 0.2) is 174 Å². The Labute approximate surface area is 261 Å². The first-order valence-electron chi connectivity index (χ1n) is 15.4. The molecule has 210 valence electrons. The van der Waals surface area contributed by atoms with Crippen LogP contribution in [0, 0.1) is 0 Å². The third-order valence-electron chi connectivity index (χ3n) is 9.06. The molecule has 0 aliphatic heterocycles. The molecule has 0 spiro atoms. The maximum atomic E-state index is 6.62. The lowest BCUT2D eigenvalue weighted by Crippen LogP contribution is -1.91. The van der Waals surface area contributed by atoms with E-state index in [9.17, 15) is 0 Å². The molecule has 45 heavy (non-hydrogen) atoms. The van der Waals surface area contributed by atoms with E-state index < -0.39 is 0 Å². The summed E-state index contributed by atoms with van der Waals surface area (Å²) in [4.78, 5) is 0. The van der Waals surface area contributed by atoms with Gasteiger partial charge in [-0.25, -0.2) is 0 Å². The lowest BCUT2D eigenvalue weighted by molar-refractivity contribution is 0.670. The van der Waals surface area contributed by atoms with Crippen LogP contribution in [0.25, 0.3) is 88.0 Å². The minimum absolute atomic E-state index is 0.903. The Bertz CT molecular complexity index is 2510. The van der Waals surface area contributed by atoms with Gasteiger partial charge in [-0.15, -0.1) is 0 Å². The molecule has 1 heterocycles. The van der Waals surface area contributed by atoms with Crippen molar-refractivity contribution < 1.29 is 4.42 Å². The summed E-state index contributed by atoms with van der Waals surface area (Å²) in [7, 11) is 0. The van der Waals surface area contributed by atoms with Crippen LogP contribution in [-0.2, 0) is 0 Å². The first-order valence-corrected chi connectivity index (χ1v) is 15.4. The zero-order valence-corrected chi connectivity index (χ0v) is 24.6. The van der Waals surface area contributed by atoms with Crippen molar-refractivity contribution in [2.45, 2.75) is 0 Å². The van der Waals surface area contributed by atoms with Crippen LogP contribution in [0.3, 0.4) is 0 Å². The standard InChI is InChI=1S/C44H28O/c1-4-13-29(14-5-1)32-24-26-41-39(27-32)38-22-12-21-34(44(38)45-41)33-23-25-37-40(28-33)43(31-17-8-3-9-18-31)36-20-11-10-19-35(36)42(37)30-15-6-2-7-16-30/h1-28H. The number of hydrogen-bond acceptors (Lipinski definition) is 1. The highest BCUT2D eigenvalue weighted by Crippen LogP contribution is 2.45. The van der Waals surface area contributed by atoms with Gasteiger partial charge in [-0.2, -0.15) is 0 Å². The van der Waals surface area contributed by atoms with Crippen molar-refractivity contribution in [2.24, 2.45) is 0 Å². The molecule has 0 radical (unpaired) electrons. The van der Waals surface area contributed by atoms with Crippen LogP contribution < -0.4 is 0 Å². The molecule has 0 saturated heterocycles. The van der Waals surface area contributed by atoms with Crippen LogP contribution in [0.2, 0.25) is 0 Å². The van der Waals surface area contributed by atoms with E-state index in [4.69, 9.17) is 4.42 Å². The van der Waals surface area contributed by atoms with Crippen molar-refractivity contribution in [1.82, 2.24) is 0 Å². The number of para-hydroxylation sites is 1. The monoisotopic (exact) mass is 572 g/mol. The molecule has 0 aliphatic carbocycles. The average Bonchev–Trinajstić information content (AvgIpc) is 3.50. The second-order valence-corrected chi connectivity index (χ2v) is 11.6. The zero-order chi connectivity index (χ0) is 29.7. The molecule has 0 unspecified atom stereocenters. The Morgan fingerprint density at radius 3 is 1.47 bits per heavy atom. The molecule has 0 bridgehead atoms. The maximum absolute atomic E-state index is 6.62. The molecule has 0 saturated carbocycles. The Balaban J connectivity index is 1.33. The van der Waals surface area contributed by atoms with Crippen molar-refractivity contribution in [3.05, 3.63) is 170 Å². The Hall–Kier alpha value is -5.92. The highest BCUT2D eigenvalue weighted by molar-refractivity contribution is 6.22. The van der Waals surface area contributed by atoms with E-state index in [2.05, 4.69) is 170 Å². The maximum Gasteiger partial charge on any atom is 0.143 e. The molecule has 1 aromatic heterocycles. The molecule has 1 nitrogen and oxygen atoms in total. The molecule has 0 N–H and O–H groups in total. The van der Waals surface area contributed by atoms with Gasteiger partial charge in [-0.1, -0.05) is 152 Å². The summed E-state index contributed by atoms with van der Waals surface area (Å²) in [5, 5.41) is 7.25. The van der Waals surface area contributed by atoms with Gasteiger partial charge < -0.3 is 4.42 Å². The van der Waals surface area contributed by atoms with Gasteiger partial charge in [0.15, 0.2) is 0 Å². The van der Waals surface area contributed by atoms with Crippen molar-refractivity contribution in [1.29, 1.82) is 0 Å². The van der Waals surface area contributed by atoms with E-state index in [-0.39, 0.29) is 0 Å². The second kappa shape index (κ2) is 10.4. The quantitative estimate of drug-likeness (QED) is 0.191. The van der Waals surface area contributed by atoms with Crippen LogP contribution >= 0.6 is 0 Å². The number of rotatable bonds is 4. The number of furan rings is 1. The summed E-state index contributed by atoms with van der Waals surface area (Å²) < 4.78 is 6.62. The van der Waals surface area contributed by atoms with E-state index in [1.807, 2.05) is 0 Å². The molecule has 1 heteroatoms. The third-order valence-corrected chi connectivity index (χ3v) is 9.06. The van der Waals surface area contributed by atoms with Gasteiger partial charge in [0.05, 0.1) is 0 Å². The summed E-state index contributed by atoms with van der Waals surface area (Å²) in [6.07, 6.45) is 0. The smallest absolute Gasteiger partial charge is 0.143 e. The number of hydrogen-bond donors (Lipinski definition) is 0. The molecule has 0 atom stereocenters. The Kier molecular flexibility index (Phi) is 5.89. The van der Waals surface area contributed by atoms with Crippen molar-refractivity contribution >= 4 is 43.5 Å². The summed E-state index contributed by atoms with van der Waals surface area (Å²) in [5.74, 6) is 0. The Morgan fingerprint density at radius 1 is 0.289 bits per heavy atom. The van der Waals surface area contributed by atoms with Gasteiger partial charge in [0.2, 0.25) is 0 Å². The molecule has 0 fully saturated rings. The molecule has 0 amide bonds. The van der Waals surface area contributed by atoms with Gasteiger partial charge in [-0.3, -0.25) is 0 Å². The van der Waals surface area contributed by atoms with Crippen LogP contribution in [-0.4, -0.2) is 0 Å². The van der Waals surface area contributed by atoms with Crippen molar-refractivity contribution in [3.63, 3.8) is 0 Å². The summed E-state index contributed by atoms with van der Waals surface area (Å²) in [5.41, 5.74) is 11.4. The van der Waals surface area contributed by atoms with E-state index in [0.29, 0.717) is 0 Å². The largest absolute Gasteiger partial charge is 0.455 e. The SMILES string of the molecule is c1ccc(-c2ccc3oc4c(-c5ccc6c(-c7ccccc7)c7ccccc7c(-c7ccccc7)c6c5)cccc4c3c2)cc1. The zero-order valence-electron chi connectivity index (χ0n) is 24.6. The first kappa shape index (κ1) is 25.6. The average molecular weight is 573 g/mol. The Morgan fingerprint density at radius 2 is 0.800 bits per heavy atom. The van der Waals surface area contributed by atoms with E-state index in [1.165, 1.54) is 54.9 Å². The van der Waals surface area contributed by atoms with Gasteiger partial charge >= 0.3 is 0 Å². The summed E-state index contributed by atoms with van der Waals surface area (Å²) in [6, 6.07) is 60.9. The molecule has 9 rings (SSSR count). The second-order valence-electron chi connectivity index (χ2n) is 11.6. The molecule has 8 aromatic carbocycles.